The van der Waals surface area contributed by atoms with Crippen LogP contribution >= 0.6 is 22.6 Å². The molecule has 0 aliphatic heterocycles. The molecule has 0 radical (unpaired) electrons. The predicted molar refractivity (Wildman–Crippen MR) is 71.3 cm³/mol. The van der Waals surface area contributed by atoms with Gasteiger partial charge in [-0.2, -0.15) is 0 Å². The lowest BCUT2D eigenvalue weighted by atomic mass is 10.1. The van der Waals surface area contributed by atoms with E-state index in [2.05, 4.69) is 9.97 Å². The zero-order valence-corrected chi connectivity index (χ0v) is 11.3. The van der Waals surface area contributed by atoms with E-state index in [4.69, 9.17) is 4.74 Å². The van der Waals surface area contributed by atoms with Crippen LogP contribution in [0.1, 0.15) is 6.92 Å². The highest BCUT2D eigenvalue weighted by atomic mass is 127. The molecule has 0 fully saturated rings. The molecule has 0 saturated heterocycles. The van der Waals surface area contributed by atoms with E-state index in [0.29, 0.717) is 27.3 Å². The summed E-state index contributed by atoms with van der Waals surface area (Å²) in [5, 5.41) is 0. The second-order valence-corrected chi connectivity index (χ2v) is 4.47. The lowest BCUT2D eigenvalue weighted by Gasteiger charge is -2.05. The van der Waals surface area contributed by atoms with E-state index < -0.39 is 0 Å². The van der Waals surface area contributed by atoms with Crippen molar-refractivity contribution in [3.63, 3.8) is 0 Å². The Bertz CT molecular complexity index is 534. The molecule has 0 N–H and O–H groups in total. The summed E-state index contributed by atoms with van der Waals surface area (Å²) in [6, 6.07) is 4.96. The van der Waals surface area contributed by atoms with Gasteiger partial charge in [0.15, 0.2) is 0 Å². The van der Waals surface area contributed by atoms with E-state index in [9.17, 15) is 4.39 Å². The van der Waals surface area contributed by atoms with Gasteiger partial charge >= 0.3 is 0 Å². The standard InChI is InChI=1S/C12H10FIN2O/c1-2-17-12-7-15-6-11(16-12)8-3-4-10(14)9(13)5-8/h3-7H,2H2,1H3. The van der Waals surface area contributed by atoms with Gasteiger partial charge in [0, 0.05) is 9.13 Å². The Morgan fingerprint density at radius 2 is 2.18 bits per heavy atom. The summed E-state index contributed by atoms with van der Waals surface area (Å²) in [5.41, 5.74) is 1.29. The summed E-state index contributed by atoms with van der Waals surface area (Å²) < 4.78 is 19.3. The number of aromatic nitrogens is 2. The summed E-state index contributed by atoms with van der Waals surface area (Å²) in [6.45, 7) is 2.40. The SMILES string of the molecule is CCOc1cncc(-c2ccc(I)c(F)c2)n1. The fraction of sp³-hybridized carbons (Fsp3) is 0.167. The summed E-state index contributed by atoms with van der Waals surface area (Å²) in [5.74, 6) is 0.190. The average Bonchev–Trinajstić information content (AvgIpc) is 2.33. The first-order valence-corrected chi connectivity index (χ1v) is 6.19. The van der Waals surface area contributed by atoms with E-state index in [1.54, 1.807) is 12.3 Å². The summed E-state index contributed by atoms with van der Waals surface area (Å²) >= 11 is 1.94. The van der Waals surface area contributed by atoms with E-state index in [1.807, 2.05) is 35.6 Å². The Balaban J connectivity index is 2.38. The molecule has 1 heterocycles. The van der Waals surface area contributed by atoms with Crippen molar-refractivity contribution in [2.24, 2.45) is 0 Å². The number of rotatable bonds is 3. The Kier molecular flexibility index (Phi) is 3.88. The second kappa shape index (κ2) is 5.39. The van der Waals surface area contributed by atoms with Gasteiger partial charge in [0.1, 0.15) is 5.82 Å². The van der Waals surface area contributed by atoms with Gasteiger partial charge in [-0.05, 0) is 41.6 Å². The van der Waals surface area contributed by atoms with Gasteiger partial charge in [-0.3, -0.25) is 4.98 Å². The maximum Gasteiger partial charge on any atom is 0.232 e. The summed E-state index contributed by atoms with van der Waals surface area (Å²) in [4.78, 5) is 8.27. The minimum absolute atomic E-state index is 0.258. The number of nitrogens with zero attached hydrogens (tertiary/aromatic N) is 2. The van der Waals surface area contributed by atoms with Crippen molar-refractivity contribution in [1.82, 2.24) is 9.97 Å². The fourth-order valence-corrected chi connectivity index (χ4v) is 1.70. The van der Waals surface area contributed by atoms with E-state index in [-0.39, 0.29) is 5.82 Å². The Morgan fingerprint density at radius 1 is 1.35 bits per heavy atom. The van der Waals surface area contributed by atoms with E-state index in [1.165, 1.54) is 12.3 Å². The molecule has 0 aliphatic carbocycles. The molecule has 88 valence electrons. The van der Waals surface area contributed by atoms with Crippen molar-refractivity contribution in [2.75, 3.05) is 6.61 Å². The highest BCUT2D eigenvalue weighted by molar-refractivity contribution is 14.1. The predicted octanol–water partition coefficient (Wildman–Crippen LogP) is 3.29. The van der Waals surface area contributed by atoms with Crippen molar-refractivity contribution in [2.45, 2.75) is 6.92 Å². The molecule has 0 atom stereocenters. The first kappa shape index (κ1) is 12.2. The molecule has 17 heavy (non-hydrogen) atoms. The highest BCUT2D eigenvalue weighted by Gasteiger charge is 2.05. The summed E-state index contributed by atoms with van der Waals surface area (Å²) in [7, 11) is 0. The number of benzene rings is 1. The van der Waals surface area contributed by atoms with Crippen molar-refractivity contribution in [3.05, 3.63) is 40.0 Å². The largest absolute Gasteiger partial charge is 0.477 e. The van der Waals surface area contributed by atoms with Crippen LogP contribution < -0.4 is 4.74 Å². The van der Waals surface area contributed by atoms with Crippen LogP contribution in [0.2, 0.25) is 0 Å². The number of halogens is 2. The molecule has 2 aromatic rings. The number of hydrogen-bond donors (Lipinski definition) is 0. The van der Waals surface area contributed by atoms with Gasteiger partial charge in [0.2, 0.25) is 5.88 Å². The van der Waals surface area contributed by atoms with Gasteiger partial charge in [-0.25, -0.2) is 9.37 Å². The highest BCUT2D eigenvalue weighted by Crippen LogP contribution is 2.22. The minimum atomic E-state index is -0.258. The molecule has 2 rings (SSSR count). The van der Waals surface area contributed by atoms with Crippen molar-refractivity contribution in [3.8, 4) is 17.1 Å². The maximum atomic E-state index is 13.4. The Morgan fingerprint density at radius 3 is 2.88 bits per heavy atom. The van der Waals surface area contributed by atoms with Crippen LogP contribution in [0, 0.1) is 9.39 Å². The smallest absolute Gasteiger partial charge is 0.232 e. The molecular weight excluding hydrogens is 334 g/mol. The van der Waals surface area contributed by atoms with Crippen molar-refractivity contribution >= 4 is 22.6 Å². The number of ether oxygens (including phenoxy) is 1. The van der Waals surface area contributed by atoms with Crippen molar-refractivity contribution < 1.29 is 9.13 Å². The number of hydrogen-bond acceptors (Lipinski definition) is 3. The van der Waals surface area contributed by atoms with Crippen LogP contribution in [-0.2, 0) is 0 Å². The van der Waals surface area contributed by atoms with Gasteiger partial charge < -0.3 is 4.74 Å². The van der Waals surface area contributed by atoms with Crippen LogP contribution in [-0.4, -0.2) is 16.6 Å². The van der Waals surface area contributed by atoms with Gasteiger partial charge in [-0.15, -0.1) is 0 Å². The van der Waals surface area contributed by atoms with Gasteiger partial charge in [0.25, 0.3) is 0 Å². The Labute approximate surface area is 112 Å². The third-order valence-electron chi connectivity index (χ3n) is 2.12. The summed E-state index contributed by atoms with van der Waals surface area (Å²) in [6.07, 6.45) is 3.13. The second-order valence-electron chi connectivity index (χ2n) is 3.30. The lowest BCUT2D eigenvalue weighted by Crippen LogP contribution is -1.96. The Hall–Kier alpha value is -1.24. The molecule has 5 heteroatoms. The van der Waals surface area contributed by atoms with Gasteiger partial charge in [0.05, 0.1) is 24.7 Å². The molecule has 1 aromatic carbocycles. The third kappa shape index (κ3) is 2.91. The monoisotopic (exact) mass is 344 g/mol. The van der Waals surface area contributed by atoms with Crippen LogP contribution in [0.5, 0.6) is 5.88 Å². The minimum Gasteiger partial charge on any atom is -0.477 e. The molecule has 3 nitrogen and oxygen atoms in total. The maximum absolute atomic E-state index is 13.4. The van der Waals surface area contributed by atoms with E-state index in [0.717, 1.165) is 0 Å². The average molecular weight is 344 g/mol. The van der Waals surface area contributed by atoms with Crippen LogP contribution in [0.15, 0.2) is 30.6 Å². The third-order valence-corrected chi connectivity index (χ3v) is 2.99. The molecular formula is C12H10FIN2O. The van der Waals surface area contributed by atoms with Crippen LogP contribution in [0.3, 0.4) is 0 Å². The molecule has 0 saturated carbocycles. The van der Waals surface area contributed by atoms with E-state index >= 15 is 0 Å². The zero-order chi connectivity index (χ0) is 12.3. The molecule has 1 aromatic heterocycles. The van der Waals surface area contributed by atoms with Crippen LogP contribution in [0.25, 0.3) is 11.3 Å². The first-order valence-electron chi connectivity index (χ1n) is 5.11. The zero-order valence-electron chi connectivity index (χ0n) is 9.15. The lowest BCUT2D eigenvalue weighted by molar-refractivity contribution is 0.325. The quantitative estimate of drug-likeness (QED) is 0.802. The molecule has 0 spiro atoms. The normalized spacial score (nSPS) is 10.3. The van der Waals surface area contributed by atoms with Crippen molar-refractivity contribution in [1.29, 1.82) is 0 Å². The first-order chi connectivity index (χ1) is 8.20. The van der Waals surface area contributed by atoms with Gasteiger partial charge in [-0.1, -0.05) is 6.07 Å². The molecule has 0 aliphatic rings. The molecule has 0 unspecified atom stereocenters. The topological polar surface area (TPSA) is 35.0 Å². The fourth-order valence-electron chi connectivity index (χ4n) is 1.36. The van der Waals surface area contributed by atoms with Crippen LogP contribution in [0.4, 0.5) is 4.39 Å². The molecule has 0 amide bonds. The molecule has 0 bridgehead atoms.